The van der Waals surface area contributed by atoms with Gasteiger partial charge in [0, 0.05) is 26.1 Å². The Morgan fingerprint density at radius 2 is 2.16 bits per heavy atom. The third-order valence-corrected chi connectivity index (χ3v) is 3.99. The van der Waals surface area contributed by atoms with Gasteiger partial charge in [-0.25, -0.2) is 4.98 Å². The SMILES string of the molecule is C[C@@H]1Oc2ccccc2N(CCC(=O)NCCCn2cncn2)C1=O. The second-order valence-corrected chi connectivity index (χ2v) is 5.83. The van der Waals surface area contributed by atoms with Crippen molar-refractivity contribution in [2.45, 2.75) is 32.4 Å². The second-order valence-electron chi connectivity index (χ2n) is 5.83. The van der Waals surface area contributed by atoms with Crippen LogP contribution in [0, 0.1) is 0 Å². The molecular weight excluding hydrogens is 322 g/mol. The number of nitrogens with zero attached hydrogens (tertiary/aromatic N) is 4. The molecule has 0 unspecified atom stereocenters. The van der Waals surface area contributed by atoms with Gasteiger partial charge in [-0.15, -0.1) is 0 Å². The fourth-order valence-electron chi connectivity index (χ4n) is 2.71. The summed E-state index contributed by atoms with van der Waals surface area (Å²) in [6.45, 7) is 3.31. The molecule has 0 bridgehead atoms. The standard InChI is InChI=1S/C17H21N5O3/c1-13-17(24)22(14-5-2-3-6-15(14)25-13)10-7-16(23)19-8-4-9-21-12-18-11-20-21/h2-3,5-6,11-13H,4,7-10H2,1H3,(H,19,23)/t13-/m0/s1. The average molecular weight is 343 g/mol. The number of hydrogen-bond donors (Lipinski definition) is 1. The minimum atomic E-state index is -0.541. The molecule has 0 aliphatic carbocycles. The van der Waals surface area contributed by atoms with Gasteiger partial charge in [0.1, 0.15) is 18.4 Å². The number of fused-ring (bicyclic) bond motifs is 1. The van der Waals surface area contributed by atoms with Gasteiger partial charge in [0.05, 0.1) is 5.69 Å². The first-order valence-corrected chi connectivity index (χ1v) is 8.31. The highest BCUT2D eigenvalue weighted by Crippen LogP contribution is 2.33. The summed E-state index contributed by atoms with van der Waals surface area (Å²) in [6.07, 6.45) is 3.60. The number of carbonyl (C=O) groups excluding carboxylic acids is 2. The number of carbonyl (C=O) groups is 2. The van der Waals surface area contributed by atoms with Gasteiger partial charge < -0.3 is 15.0 Å². The summed E-state index contributed by atoms with van der Waals surface area (Å²) in [5.41, 5.74) is 0.713. The number of benzene rings is 1. The van der Waals surface area contributed by atoms with Gasteiger partial charge in [-0.2, -0.15) is 5.10 Å². The van der Waals surface area contributed by atoms with Gasteiger partial charge in [0.15, 0.2) is 6.10 Å². The molecule has 1 aliphatic heterocycles. The van der Waals surface area contributed by atoms with Crippen LogP contribution in [-0.4, -0.2) is 45.8 Å². The zero-order valence-electron chi connectivity index (χ0n) is 14.1. The highest BCUT2D eigenvalue weighted by atomic mass is 16.5. The van der Waals surface area contributed by atoms with E-state index in [0.717, 1.165) is 6.42 Å². The van der Waals surface area contributed by atoms with Crippen LogP contribution in [0.25, 0.3) is 0 Å². The fraction of sp³-hybridized carbons (Fsp3) is 0.412. The molecule has 1 aromatic heterocycles. The molecule has 1 N–H and O–H groups in total. The molecule has 1 aliphatic rings. The number of ether oxygens (including phenoxy) is 1. The molecule has 2 amide bonds. The van der Waals surface area contributed by atoms with Crippen LogP contribution in [0.3, 0.4) is 0 Å². The first kappa shape index (κ1) is 16.9. The summed E-state index contributed by atoms with van der Waals surface area (Å²) in [5, 5.41) is 6.87. The minimum Gasteiger partial charge on any atom is -0.479 e. The molecule has 0 fully saturated rings. The van der Waals surface area contributed by atoms with E-state index in [0.29, 0.717) is 31.1 Å². The Hall–Kier alpha value is -2.90. The fourth-order valence-corrected chi connectivity index (χ4v) is 2.71. The normalized spacial score (nSPS) is 16.3. The van der Waals surface area contributed by atoms with E-state index in [2.05, 4.69) is 15.4 Å². The van der Waals surface area contributed by atoms with Crippen molar-refractivity contribution in [2.75, 3.05) is 18.0 Å². The Labute approximate surface area is 145 Å². The molecule has 8 heteroatoms. The maximum Gasteiger partial charge on any atom is 0.267 e. The molecule has 0 saturated heterocycles. The number of anilines is 1. The van der Waals surface area contributed by atoms with Gasteiger partial charge in [-0.3, -0.25) is 14.3 Å². The Morgan fingerprint density at radius 3 is 2.96 bits per heavy atom. The number of aromatic nitrogens is 3. The molecule has 25 heavy (non-hydrogen) atoms. The van der Waals surface area contributed by atoms with Crippen LogP contribution >= 0.6 is 0 Å². The molecule has 0 saturated carbocycles. The van der Waals surface area contributed by atoms with E-state index >= 15 is 0 Å². The van der Waals surface area contributed by atoms with Crippen molar-refractivity contribution >= 4 is 17.5 Å². The number of rotatable bonds is 7. The number of para-hydroxylation sites is 2. The summed E-state index contributed by atoms with van der Waals surface area (Å²) in [4.78, 5) is 29.9. The Kier molecular flexibility index (Phi) is 5.27. The Bertz CT molecular complexity index is 732. The van der Waals surface area contributed by atoms with Gasteiger partial charge >= 0.3 is 0 Å². The Morgan fingerprint density at radius 1 is 1.32 bits per heavy atom. The third-order valence-electron chi connectivity index (χ3n) is 3.99. The van der Waals surface area contributed by atoms with Crippen LogP contribution in [-0.2, 0) is 16.1 Å². The molecule has 2 aromatic rings. The van der Waals surface area contributed by atoms with Crippen molar-refractivity contribution in [1.29, 1.82) is 0 Å². The number of aryl methyl sites for hydroxylation is 1. The molecule has 132 valence electrons. The highest BCUT2D eigenvalue weighted by Gasteiger charge is 2.31. The number of amides is 2. The van der Waals surface area contributed by atoms with Crippen molar-refractivity contribution < 1.29 is 14.3 Å². The predicted octanol–water partition coefficient (Wildman–Crippen LogP) is 0.989. The van der Waals surface area contributed by atoms with E-state index < -0.39 is 6.10 Å². The van der Waals surface area contributed by atoms with Gasteiger partial charge in [-0.05, 0) is 25.5 Å². The summed E-state index contributed by atoms with van der Waals surface area (Å²) >= 11 is 0. The summed E-state index contributed by atoms with van der Waals surface area (Å²) in [7, 11) is 0. The van der Waals surface area contributed by atoms with Crippen molar-refractivity contribution in [3.8, 4) is 5.75 Å². The third kappa shape index (κ3) is 4.14. The van der Waals surface area contributed by atoms with Gasteiger partial charge in [-0.1, -0.05) is 12.1 Å². The summed E-state index contributed by atoms with van der Waals surface area (Å²) in [5.74, 6) is 0.462. The van der Waals surface area contributed by atoms with Crippen molar-refractivity contribution in [2.24, 2.45) is 0 Å². The lowest BCUT2D eigenvalue weighted by Gasteiger charge is -2.32. The van der Waals surface area contributed by atoms with E-state index in [1.807, 2.05) is 24.3 Å². The maximum atomic E-state index is 12.3. The lowest BCUT2D eigenvalue weighted by Crippen LogP contribution is -2.45. The molecular formula is C17H21N5O3. The van der Waals surface area contributed by atoms with E-state index in [1.54, 1.807) is 22.8 Å². The molecule has 1 aromatic carbocycles. The highest BCUT2D eigenvalue weighted by molar-refractivity contribution is 6.00. The van der Waals surface area contributed by atoms with Crippen LogP contribution in [0.15, 0.2) is 36.9 Å². The van der Waals surface area contributed by atoms with Gasteiger partial charge in [0.2, 0.25) is 5.91 Å². The Balaban J connectivity index is 1.47. The predicted molar refractivity (Wildman–Crippen MR) is 91.2 cm³/mol. The summed E-state index contributed by atoms with van der Waals surface area (Å²) < 4.78 is 7.31. The summed E-state index contributed by atoms with van der Waals surface area (Å²) in [6, 6.07) is 7.37. The minimum absolute atomic E-state index is 0.0805. The van der Waals surface area contributed by atoms with Crippen molar-refractivity contribution in [3.63, 3.8) is 0 Å². The van der Waals surface area contributed by atoms with E-state index in [1.165, 1.54) is 6.33 Å². The quantitative estimate of drug-likeness (QED) is 0.757. The molecule has 0 spiro atoms. The van der Waals surface area contributed by atoms with Crippen molar-refractivity contribution in [3.05, 3.63) is 36.9 Å². The molecule has 2 heterocycles. The van der Waals surface area contributed by atoms with Gasteiger partial charge in [0.25, 0.3) is 5.91 Å². The van der Waals surface area contributed by atoms with Crippen molar-refractivity contribution in [1.82, 2.24) is 20.1 Å². The van der Waals surface area contributed by atoms with Crippen LogP contribution in [0.2, 0.25) is 0 Å². The molecule has 8 nitrogen and oxygen atoms in total. The zero-order chi connectivity index (χ0) is 17.6. The van der Waals surface area contributed by atoms with Crippen LogP contribution in [0.4, 0.5) is 5.69 Å². The zero-order valence-corrected chi connectivity index (χ0v) is 14.1. The second kappa shape index (κ2) is 7.78. The smallest absolute Gasteiger partial charge is 0.267 e. The number of nitrogens with one attached hydrogen (secondary N) is 1. The van der Waals surface area contributed by atoms with Crippen LogP contribution in [0.5, 0.6) is 5.75 Å². The van der Waals surface area contributed by atoms with E-state index in [-0.39, 0.29) is 18.2 Å². The largest absolute Gasteiger partial charge is 0.479 e. The lowest BCUT2D eigenvalue weighted by atomic mass is 10.1. The first-order valence-electron chi connectivity index (χ1n) is 8.31. The van der Waals surface area contributed by atoms with Crippen LogP contribution in [0.1, 0.15) is 19.8 Å². The lowest BCUT2D eigenvalue weighted by molar-refractivity contribution is -0.125. The van der Waals surface area contributed by atoms with E-state index in [4.69, 9.17) is 4.74 Å². The molecule has 0 radical (unpaired) electrons. The topological polar surface area (TPSA) is 89.3 Å². The molecule has 1 atom stereocenters. The molecule has 3 rings (SSSR count). The first-order chi connectivity index (χ1) is 12.1. The monoisotopic (exact) mass is 343 g/mol. The number of hydrogen-bond acceptors (Lipinski definition) is 5. The average Bonchev–Trinajstić information content (AvgIpc) is 3.12. The van der Waals surface area contributed by atoms with Crippen LogP contribution < -0.4 is 15.0 Å². The van der Waals surface area contributed by atoms with E-state index in [9.17, 15) is 9.59 Å². The maximum absolute atomic E-state index is 12.3.